The Hall–Kier alpha value is -1.68. The Bertz CT molecular complexity index is 536. The Morgan fingerprint density at radius 1 is 1.44 bits per heavy atom. The van der Waals surface area contributed by atoms with Crippen molar-refractivity contribution in [2.24, 2.45) is 0 Å². The first-order valence-corrected chi connectivity index (χ1v) is 6.07. The Kier molecular flexibility index (Phi) is 3.77. The van der Waals surface area contributed by atoms with E-state index >= 15 is 0 Å². The van der Waals surface area contributed by atoms with Crippen molar-refractivity contribution >= 4 is 0 Å². The Morgan fingerprint density at radius 2 is 2.22 bits per heavy atom. The lowest BCUT2D eigenvalue weighted by molar-refractivity contribution is 0.428. The molecule has 0 saturated heterocycles. The molecule has 0 radical (unpaired) electrons. The monoisotopic (exact) mass is 248 g/mol. The van der Waals surface area contributed by atoms with Gasteiger partial charge < -0.3 is 9.73 Å². The fraction of sp³-hybridized carbons (Fsp3) is 0.357. The first kappa shape index (κ1) is 12.8. The summed E-state index contributed by atoms with van der Waals surface area (Å²) in [6.07, 6.45) is 1.64. The molecule has 1 heterocycles. The van der Waals surface area contributed by atoms with Gasteiger partial charge in [-0.1, -0.05) is 13.0 Å². The first-order valence-electron chi connectivity index (χ1n) is 6.07. The molecule has 1 aromatic heterocycles. The third-order valence-electron chi connectivity index (χ3n) is 2.87. The summed E-state index contributed by atoms with van der Waals surface area (Å²) in [4.78, 5) is 4.23. The number of benzene rings is 1. The van der Waals surface area contributed by atoms with Gasteiger partial charge in [0.25, 0.3) is 0 Å². The summed E-state index contributed by atoms with van der Waals surface area (Å²) in [6, 6.07) is 4.70. The lowest BCUT2D eigenvalue weighted by Crippen LogP contribution is -2.17. The van der Waals surface area contributed by atoms with E-state index in [0.29, 0.717) is 11.7 Å². The van der Waals surface area contributed by atoms with Crippen molar-refractivity contribution in [1.29, 1.82) is 0 Å². The summed E-state index contributed by atoms with van der Waals surface area (Å²) in [5.74, 6) is 0.954. The van der Waals surface area contributed by atoms with E-state index in [-0.39, 0.29) is 11.9 Å². The summed E-state index contributed by atoms with van der Waals surface area (Å²) in [7, 11) is 0. The molecule has 0 amide bonds. The van der Waals surface area contributed by atoms with Crippen molar-refractivity contribution in [2.75, 3.05) is 6.54 Å². The van der Waals surface area contributed by atoms with E-state index in [2.05, 4.69) is 10.3 Å². The maximum atomic E-state index is 13.2. The van der Waals surface area contributed by atoms with Crippen LogP contribution in [0.2, 0.25) is 0 Å². The molecule has 0 fully saturated rings. The average molecular weight is 248 g/mol. The normalized spacial score (nSPS) is 12.7. The molecule has 1 unspecified atom stereocenters. The third-order valence-corrected chi connectivity index (χ3v) is 2.87. The standard InChI is InChI=1S/C14H17FN2O/c1-4-16-10(3)14-17-8-13(18-14)12-7-11(15)6-5-9(12)2/h5-8,10,16H,4H2,1-3H3. The second-order valence-corrected chi connectivity index (χ2v) is 4.30. The zero-order chi connectivity index (χ0) is 13.1. The third kappa shape index (κ3) is 2.59. The Morgan fingerprint density at radius 3 is 2.94 bits per heavy atom. The van der Waals surface area contributed by atoms with Gasteiger partial charge >= 0.3 is 0 Å². The fourth-order valence-electron chi connectivity index (χ4n) is 1.87. The zero-order valence-corrected chi connectivity index (χ0v) is 10.8. The van der Waals surface area contributed by atoms with E-state index < -0.39 is 0 Å². The summed E-state index contributed by atoms with van der Waals surface area (Å²) in [5, 5.41) is 3.22. The van der Waals surface area contributed by atoms with Crippen LogP contribution in [0.4, 0.5) is 4.39 Å². The molecular formula is C14H17FN2O. The lowest BCUT2D eigenvalue weighted by atomic mass is 10.1. The van der Waals surface area contributed by atoms with Crippen LogP contribution in [0.15, 0.2) is 28.8 Å². The molecule has 2 aromatic rings. The number of hydrogen-bond acceptors (Lipinski definition) is 3. The van der Waals surface area contributed by atoms with Gasteiger partial charge in [0.15, 0.2) is 5.76 Å². The van der Waals surface area contributed by atoms with Crippen molar-refractivity contribution in [3.63, 3.8) is 0 Å². The number of nitrogens with one attached hydrogen (secondary N) is 1. The van der Waals surface area contributed by atoms with Crippen LogP contribution in [0.3, 0.4) is 0 Å². The zero-order valence-electron chi connectivity index (χ0n) is 10.8. The van der Waals surface area contributed by atoms with E-state index in [0.717, 1.165) is 17.7 Å². The van der Waals surface area contributed by atoms with Crippen molar-refractivity contribution in [1.82, 2.24) is 10.3 Å². The van der Waals surface area contributed by atoms with Crippen LogP contribution in [0.1, 0.15) is 31.3 Å². The minimum Gasteiger partial charge on any atom is -0.439 e. The van der Waals surface area contributed by atoms with Gasteiger partial charge in [-0.15, -0.1) is 0 Å². The largest absolute Gasteiger partial charge is 0.439 e. The van der Waals surface area contributed by atoms with Gasteiger partial charge in [-0.3, -0.25) is 0 Å². The van der Waals surface area contributed by atoms with Crippen LogP contribution in [0, 0.1) is 12.7 Å². The molecule has 0 aliphatic heterocycles. The maximum Gasteiger partial charge on any atom is 0.211 e. The molecule has 0 saturated carbocycles. The van der Waals surface area contributed by atoms with Gasteiger partial charge in [-0.05, 0) is 38.1 Å². The van der Waals surface area contributed by atoms with Crippen LogP contribution in [0.5, 0.6) is 0 Å². The van der Waals surface area contributed by atoms with E-state index in [4.69, 9.17) is 4.42 Å². The number of hydrogen-bond donors (Lipinski definition) is 1. The number of aromatic nitrogens is 1. The van der Waals surface area contributed by atoms with Crippen LogP contribution < -0.4 is 5.32 Å². The van der Waals surface area contributed by atoms with Gasteiger partial charge in [0.1, 0.15) is 5.82 Å². The Balaban J connectivity index is 2.32. The fourth-order valence-corrected chi connectivity index (χ4v) is 1.87. The molecule has 1 atom stereocenters. The molecule has 96 valence electrons. The van der Waals surface area contributed by atoms with Crippen LogP contribution in [0.25, 0.3) is 11.3 Å². The minimum atomic E-state index is -0.270. The highest BCUT2D eigenvalue weighted by Crippen LogP contribution is 2.26. The highest BCUT2D eigenvalue weighted by atomic mass is 19.1. The molecule has 2 rings (SSSR count). The van der Waals surface area contributed by atoms with Crippen LogP contribution in [-0.2, 0) is 0 Å². The molecular weight excluding hydrogens is 231 g/mol. The average Bonchev–Trinajstić information content (AvgIpc) is 2.82. The lowest BCUT2D eigenvalue weighted by Gasteiger charge is -2.07. The second-order valence-electron chi connectivity index (χ2n) is 4.30. The highest BCUT2D eigenvalue weighted by molar-refractivity contribution is 5.61. The van der Waals surface area contributed by atoms with Gasteiger partial charge in [-0.2, -0.15) is 0 Å². The van der Waals surface area contributed by atoms with E-state index in [1.807, 2.05) is 20.8 Å². The van der Waals surface area contributed by atoms with E-state index in [1.165, 1.54) is 12.1 Å². The van der Waals surface area contributed by atoms with Crippen molar-refractivity contribution in [2.45, 2.75) is 26.8 Å². The molecule has 1 N–H and O–H groups in total. The number of oxazole rings is 1. The summed E-state index contributed by atoms with van der Waals surface area (Å²) in [6.45, 7) is 6.77. The molecule has 4 heteroatoms. The predicted molar refractivity (Wildman–Crippen MR) is 68.7 cm³/mol. The molecule has 0 aliphatic rings. The van der Waals surface area contributed by atoms with Gasteiger partial charge in [0, 0.05) is 5.56 Å². The molecule has 0 spiro atoms. The Labute approximate surface area is 106 Å². The molecule has 0 bridgehead atoms. The summed E-state index contributed by atoms with van der Waals surface area (Å²) in [5.41, 5.74) is 1.72. The van der Waals surface area contributed by atoms with E-state index in [9.17, 15) is 4.39 Å². The second kappa shape index (κ2) is 5.31. The smallest absolute Gasteiger partial charge is 0.211 e. The number of halogens is 1. The quantitative estimate of drug-likeness (QED) is 0.900. The molecule has 0 aliphatic carbocycles. The summed E-state index contributed by atoms with van der Waals surface area (Å²) >= 11 is 0. The first-order chi connectivity index (χ1) is 8.61. The van der Waals surface area contributed by atoms with Crippen molar-refractivity contribution < 1.29 is 8.81 Å². The predicted octanol–water partition coefficient (Wildman–Crippen LogP) is 3.46. The number of rotatable bonds is 4. The van der Waals surface area contributed by atoms with Gasteiger partial charge in [-0.25, -0.2) is 9.37 Å². The SMILES string of the molecule is CCNC(C)c1ncc(-c2cc(F)ccc2C)o1. The molecule has 1 aromatic carbocycles. The topological polar surface area (TPSA) is 38.1 Å². The van der Waals surface area contributed by atoms with Crippen LogP contribution >= 0.6 is 0 Å². The van der Waals surface area contributed by atoms with E-state index in [1.54, 1.807) is 12.3 Å². The summed E-state index contributed by atoms with van der Waals surface area (Å²) < 4.78 is 18.9. The van der Waals surface area contributed by atoms with Crippen LogP contribution in [-0.4, -0.2) is 11.5 Å². The van der Waals surface area contributed by atoms with Crippen molar-refractivity contribution in [3.8, 4) is 11.3 Å². The molecule has 18 heavy (non-hydrogen) atoms. The number of nitrogens with zero attached hydrogens (tertiary/aromatic N) is 1. The minimum absolute atomic E-state index is 0.0533. The van der Waals surface area contributed by atoms with Gasteiger partial charge in [0.05, 0.1) is 12.2 Å². The van der Waals surface area contributed by atoms with Crippen molar-refractivity contribution in [3.05, 3.63) is 41.7 Å². The number of aryl methyl sites for hydroxylation is 1. The maximum absolute atomic E-state index is 13.2. The molecule has 3 nitrogen and oxygen atoms in total. The highest BCUT2D eigenvalue weighted by Gasteiger charge is 2.13. The van der Waals surface area contributed by atoms with Gasteiger partial charge in [0.2, 0.25) is 5.89 Å².